The maximum absolute atomic E-state index is 12.3. The molecular weight excluding hydrogens is 442 g/mol. The van der Waals surface area contributed by atoms with E-state index < -0.39 is 4.92 Å². The molecule has 0 unspecified atom stereocenters. The van der Waals surface area contributed by atoms with Gasteiger partial charge < -0.3 is 19.5 Å². The van der Waals surface area contributed by atoms with Crippen molar-refractivity contribution < 1.29 is 23.9 Å². The first-order valence-electron chi connectivity index (χ1n) is 10.2. The Hall–Kier alpha value is -4.67. The summed E-state index contributed by atoms with van der Waals surface area (Å²) in [5.74, 6) is 1.40. The summed E-state index contributed by atoms with van der Waals surface area (Å²) in [6.07, 6.45) is 2.67. The van der Waals surface area contributed by atoms with E-state index in [9.17, 15) is 14.9 Å². The van der Waals surface area contributed by atoms with Gasteiger partial charge in [-0.15, -0.1) is 0 Å². The Labute approximate surface area is 195 Å². The van der Waals surface area contributed by atoms with Crippen molar-refractivity contribution in [1.29, 1.82) is 0 Å². The molecule has 2 aromatic carbocycles. The molecule has 1 heterocycles. The van der Waals surface area contributed by atoms with E-state index in [-0.39, 0.29) is 18.2 Å². The van der Waals surface area contributed by atoms with E-state index in [4.69, 9.17) is 14.2 Å². The zero-order valence-electron chi connectivity index (χ0n) is 18.6. The second-order valence-electron chi connectivity index (χ2n) is 6.71. The molecule has 3 aromatic rings. The number of hydrogen-bond donors (Lipinski definition) is 2. The van der Waals surface area contributed by atoms with Crippen LogP contribution in [-0.2, 0) is 4.79 Å². The number of hydrazone groups is 1. The number of benzene rings is 2. The molecule has 1 amide bonds. The maximum atomic E-state index is 12.3. The average Bonchev–Trinajstić information content (AvgIpc) is 2.84. The van der Waals surface area contributed by atoms with Crippen molar-refractivity contribution in [2.45, 2.75) is 6.92 Å². The Balaban J connectivity index is 1.61. The lowest BCUT2D eigenvalue weighted by Crippen LogP contribution is -2.20. The number of amides is 1. The highest BCUT2D eigenvalue weighted by Gasteiger charge is 2.11. The molecule has 0 fully saturated rings. The number of methoxy groups -OCH3 is 1. The molecule has 34 heavy (non-hydrogen) atoms. The fraction of sp³-hybridized carbons (Fsp3) is 0.174. The molecule has 0 aliphatic carbocycles. The van der Waals surface area contributed by atoms with Crippen LogP contribution in [0.3, 0.4) is 0 Å². The Kier molecular flexibility index (Phi) is 8.33. The first-order chi connectivity index (χ1) is 16.5. The van der Waals surface area contributed by atoms with Gasteiger partial charge in [-0.05, 0) is 48.9 Å². The van der Waals surface area contributed by atoms with Gasteiger partial charge in [-0.2, -0.15) is 5.10 Å². The summed E-state index contributed by atoms with van der Waals surface area (Å²) in [5, 5.41) is 17.5. The Morgan fingerprint density at radius 3 is 2.65 bits per heavy atom. The van der Waals surface area contributed by atoms with Gasteiger partial charge in [0.25, 0.3) is 11.6 Å². The minimum absolute atomic E-state index is 0.108. The van der Waals surface area contributed by atoms with Crippen LogP contribution in [0.1, 0.15) is 12.5 Å². The van der Waals surface area contributed by atoms with Crippen LogP contribution in [0.2, 0.25) is 0 Å². The molecule has 3 rings (SSSR count). The third-order valence-electron chi connectivity index (χ3n) is 4.36. The summed E-state index contributed by atoms with van der Waals surface area (Å²) in [5.41, 5.74) is 3.83. The van der Waals surface area contributed by atoms with Gasteiger partial charge in [0, 0.05) is 6.07 Å². The number of rotatable bonds is 11. The first kappa shape index (κ1) is 24.0. The second-order valence-corrected chi connectivity index (χ2v) is 6.71. The van der Waals surface area contributed by atoms with Crippen LogP contribution in [0.25, 0.3) is 0 Å². The van der Waals surface area contributed by atoms with Crippen LogP contribution >= 0.6 is 0 Å². The lowest BCUT2D eigenvalue weighted by molar-refractivity contribution is -0.385. The van der Waals surface area contributed by atoms with E-state index in [0.717, 1.165) is 6.20 Å². The monoisotopic (exact) mass is 465 g/mol. The van der Waals surface area contributed by atoms with Crippen LogP contribution in [0.5, 0.6) is 17.2 Å². The highest BCUT2D eigenvalue weighted by molar-refractivity contribution is 5.93. The van der Waals surface area contributed by atoms with Crippen LogP contribution < -0.4 is 25.0 Å². The molecule has 0 atom stereocenters. The Morgan fingerprint density at radius 2 is 1.94 bits per heavy atom. The molecule has 0 saturated carbocycles. The van der Waals surface area contributed by atoms with E-state index >= 15 is 0 Å². The Bertz CT molecular complexity index is 1170. The number of para-hydroxylation sites is 2. The summed E-state index contributed by atoms with van der Waals surface area (Å²) in [7, 11) is 1.53. The highest BCUT2D eigenvalue weighted by Crippen LogP contribution is 2.28. The number of anilines is 2. The van der Waals surface area contributed by atoms with Gasteiger partial charge in [-0.25, -0.2) is 4.98 Å². The first-order valence-corrected chi connectivity index (χ1v) is 10.2. The van der Waals surface area contributed by atoms with Crippen molar-refractivity contribution in [2.24, 2.45) is 5.10 Å². The molecule has 0 aliphatic heterocycles. The van der Waals surface area contributed by atoms with E-state index in [1.807, 2.05) is 13.0 Å². The largest absolute Gasteiger partial charge is 0.495 e. The van der Waals surface area contributed by atoms with Gasteiger partial charge in [0.15, 0.2) is 18.1 Å². The summed E-state index contributed by atoms with van der Waals surface area (Å²) in [6, 6.07) is 15.0. The molecule has 0 aliphatic rings. The molecule has 0 bridgehead atoms. The van der Waals surface area contributed by atoms with Crippen LogP contribution in [0, 0.1) is 10.1 Å². The summed E-state index contributed by atoms with van der Waals surface area (Å²) in [6.45, 7) is 2.01. The molecule has 1 aromatic heterocycles. The van der Waals surface area contributed by atoms with Crippen molar-refractivity contribution in [2.75, 3.05) is 31.1 Å². The topological polar surface area (TPSA) is 137 Å². The predicted molar refractivity (Wildman–Crippen MR) is 127 cm³/mol. The van der Waals surface area contributed by atoms with Crippen molar-refractivity contribution in [3.8, 4) is 17.2 Å². The van der Waals surface area contributed by atoms with Crippen molar-refractivity contribution >= 4 is 29.3 Å². The van der Waals surface area contributed by atoms with Gasteiger partial charge in [0.1, 0.15) is 17.8 Å². The average molecular weight is 465 g/mol. The van der Waals surface area contributed by atoms with Gasteiger partial charge in [-0.1, -0.05) is 12.1 Å². The molecular formula is C23H23N5O6. The normalized spacial score (nSPS) is 10.5. The van der Waals surface area contributed by atoms with Gasteiger partial charge in [0.2, 0.25) is 0 Å². The number of carbonyl (C=O) groups excluding carboxylic acids is 1. The number of carbonyl (C=O) groups is 1. The van der Waals surface area contributed by atoms with E-state index in [1.165, 1.54) is 25.5 Å². The number of ether oxygens (including phenoxy) is 3. The summed E-state index contributed by atoms with van der Waals surface area (Å²) < 4.78 is 16.5. The quantitative estimate of drug-likeness (QED) is 0.247. The lowest BCUT2D eigenvalue weighted by atomic mass is 10.2. The minimum atomic E-state index is -0.527. The predicted octanol–water partition coefficient (Wildman–Crippen LogP) is 3.86. The third kappa shape index (κ3) is 6.66. The second kappa shape index (κ2) is 11.8. The lowest BCUT2D eigenvalue weighted by Gasteiger charge is -2.13. The van der Waals surface area contributed by atoms with Gasteiger partial charge in [0.05, 0.1) is 30.5 Å². The third-order valence-corrected chi connectivity index (χ3v) is 4.36. The molecule has 2 N–H and O–H groups in total. The van der Waals surface area contributed by atoms with Crippen molar-refractivity contribution in [3.05, 3.63) is 76.5 Å². The SMILES string of the molecule is CCOc1cc(/C=N\Nc2ccc([N+](=O)[O-])cn2)ccc1OCC(=O)Nc1ccccc1OC. The van der Waals surface area contributed by atoms with Crippen LogP contribution in [0.15, 0.2) is 65.9 Å². The summed E-state index contributed by atoms with van der Waals surface area (Å²) >= 11 is 0. The molecule has 176 valence electrons. The zero-order chi connectivity index (χ0) is 24.3. The molecule has 0 saturated heterocycles. The standard InChI is InChI=1S/C23H23N5O6/c1-3-33-21-12-16(13-25-27-22-11-9-17(14-24-22)28(30)31)8-10-20(21)34-15-23(29)26-18-6-4-5-7-19(18)32-2/h4-14H,3,15H2,1-2H3,(H,24,27)(H,26,29)/b25-13-. The van der Waals surface area contributed by atoms with Crippen LogP contribution in [-0.4, -0.2) is 42.4 Å². The molecule has 0 radical (unpaired) electrons. The number of nitrogens with one attached hydrogen (secondary N) is 2. The van der Waals surface area contributed by atoms with E-state index in [2.05, 4.69) is 20.8 Å². The van der Waals surface area contributed by atoms with Gasteiger partial charge >= 0.3 is 0 Å². The molecule has 11 nitrogen and oxygen atoms in total. The van der Waals surface area contributed by atoms with E-state index in [0.29, 0.717) is 40.9 Å². The van der Waals surface area contributed by atoms with E-state index in [1.54, 1.807) is 36.4 Å². The minimum Gasteiger partial charge on any atom is -0.495 e. The number of nitro groups is 1. The van der Waals surface area contributed by atoms with Gasteiger partial charge in [-0.3, -0.25) is 20.3 Å². The van der Waals surface area contributed by atoms with Crippen molar-refractivity contribution in [3.63, 3.8) is 0 Å². The van der Waals surface area contributed by atoms with Crippen molar-refractivity contribution in [1.82, 2.24) is 4.98 Å². The number of hydrogen-bond acceptors (Lipinski definition) is 9. The Morgan fingerprint density at radius 1 is 1.12 bits per heavy atom. The fourth-order valence-corrected chi connectivity index (χ4v) is 2.80. The smallest absolute Gasteiger partial charge is 0.287 e. The van der Waals surface area contributed by atoms with Crippen LogP contribution in [0.4, 0.5) is 17.2 Å². The summed E-state index contributed by atoms with van der Waals surface area (Å²) in [4.78, 5) is 26.4. The molecule has 11 heteroatoms. The number of nitrogens with zero attached hydrogens (tertiary/aromatic N) is 3. The molecule has 0 spiro atoms. The highest BCUT2D eigenvalue weighted by atomic mass is 16.6. The maximum Gasteiger partial charge on any atom is 0.287 e. The fourth-order valence-electron chi connectivity index (χ4n) is 2.80. The zero-order valence-corrected chi connectivity index (χ0v) is 18.6. The number of pyridine rings is 1. The number of aromatic nitrogens is 1.